The lowest BCUT2D eigenvalue weighted by Crippen LogP contribution is -2.51. The van der Waals surface area contributed by atoms with Crippen LogP contribution >= 0.6 is 0 Å². The average molecular weight is 367 g/mol. The van der Waals surface area contributed by atoms with Gasteiger partial charge in [-0.15, -0.1) is 0 Å². The van der Waals surface area contributed by atoms with Crippen LogP contribution in [0.25, 0.3) is 0 Å². The summed E-state index contributed by atoms with van der Waals surface area (Å²) in [4.78, 5) is 40.3. The lowest BCUT2D eigenvalue weighted by molar-refractivity contribution is -0.139. The number of rotatable bonds is 7. The maximum absolute atomic E-state index is 13.0. The third kappa shape index (κ3) is 4.03. The molecule has 2 aliphatic rings. The molecular formula is C19H34N4O3. The number of urea groups is 1. The van der Waals surface area contributed by atoms with Crippen molar-refractivity contribution in [2.45, 2.75) is 58.4 Å². The van der Waals surface area contributed by atoms with Crippen LogP contribution in [0.1, 0.15) is 52.9 Å². The van der Waals surface area contributed by atoms with Gasteiger partial charge in [0.1, 0.15) is 12.1 Å². The van der Waals surface area contributed by atoms with Crippen molar-refractivity contribution < 1.29 is 14.4 Å². The molecular weight excluding hydrogens is 332 g/mol. The molecule has 7 heteroatoms. The zero-order chi connectivity index (χ0) is 19.5. The molecule has 0 aromatic carbocycles. The van der Waals surface area contributed by atoms with Crippen molar-refractivity contribution in [3.63, 3.8) is 0 Å². The number of carbonyl (C=O) groups is 3. The molecule has 2 fully saturated rings. The van der Waals surface area contributed by atoms with Gasteiger partial charge in [0, 0.05) is 20.1 Å². The molecule has 26 heavy (non-hydrogen) atoms. The number of carbonyl (C=O) groups excluding carboxylic acids is 3. The van der Waals surface area contributed by atoms with Gasteiger partial charge in [0.15, 0.2) is 0 Å². The van der Waals surface area contributed by atoms with E-state index in [1.54, 1.807) is 11.9 Å². The molecule has 148 valence electrons. The van der Waals surface area contributed by atoms with Gasteiger partial charge in [-0.1, -0.05) is 27.2 Å². The standard InChI is InChI=1S/C19H34N4O3/c1-6-18(2,3)14-7-9-19(10-8-14)16(25)23(17(26)21-19)13-15(24)22(5)12-11-20-4/h14,20H,6-13H2,1-5H3,(H,21,26). The highest BCUT2D eigenvalue weighted by atomic mass is 16.2. The fourth-order valence-electron chi connectivity index (χ4n) is 4.00. The molecule has 2 N–H and O–H groups in total. The predicted octanol–water partition coefficient (Wildman–Crippen LogP) is 1.58. The normalized spacial score (nSPS) is 26.3. The van der Waals surface area contributed by atoms with E-state index in [4.69, 9.17) is 0 Å². The molecule has 1 saturated carbocycles. The van der Waals surface area contributed by atoms with Crippen LogP contribution in [0.2, 0.25) is 0 Å². The quantitative estimate of drug-likeness (QED) is 0.670. The zero-order valence-corrected chi connectivity index (χ0v) is 16.9. The molecule has 0 aromatic rings. The van der Waals surface area contributed by atoms with Gasteiger partial charge in [-0.05, 0) is 44.1 Å². The summed E-state index contributed by atoms with van der Waals surface area (Å²) in [6, 6.07) is -0.432. The Hall–Kier alpha value is -1.63. The lowest BCUT2D eigenvalue weighted by Gasteiger charge is -2.42. The van der Waals surface area contributed by atoms with Crippen LogP contribution in [0.4, 0.5) is 4.79 Å². The Morgan fingerprint density at radius 1 is 1.35 bits per heavy atom. The van der Waals surface area contributed by atoms with Crippen LogP contribution in [0.5, 0.6) is 0 Å². The minimum Gasteiger partial charge on any atom is -0.343 e. The molecule has 0 aromatic heterocycles. The second-order valence-corrected chi connectivity index (χ2v) is 8.44. The van der Waals surface area contributed by atoms with Gasteiger partial charge in [-0.3, -0.25) is 14.5 Å². The maximum atomic E-state index is 13.0. The second-order valence-electron chi connectivity index (χ2n) is 8.44. The van der Waals surface area contributed by atoms with Crippen LogP contribution in [-0.2, 0) is 9.59 Å². The lowest BCUT2D eigenvalue weighted by atomic mass is 9.65. The van der Waals surface area contributed by atoms with Crippen molar-refractivity contribution in [2.24, 2.45) is 11.3 Å². The molecule has 1 aliphatic carbocycles. The summed E-state index contributed by atoms with van der Waals surface area (Å²) in [5.41, 5.74) is -0.555. The van der Waals surface area contributed by atoms with E-state index in [2.05, 4.69) is 31.4 Å². The molecule has 4 amide bonds. The maximum Gasteiger partial charge on any atom is 0.325 e. The van der Waals surface area contributed by atoms with Gasteiger partial charge >= 0.3 is 6.03 Å². The molecule has 0 bridgehead atoms. The Labute approximate surface area is 156 Å². The summed E-state index contributed by atoms with van der Waals surface area (Å²) in [6.45, 7) is 7.77. The van der Waals surface area contributed by atoms with Crippen LogP contribution in [-0.4, -0.2) is 66.9 Å². The summed E-state index contributed by atoms with van der Waals surface area (Å²) in [5, 5.41) is 5.88. The molecule has 1 aliphatic heterocycles. The highest BCUT2D eigenvalue weighted by Crippen LogP contribution is 2.45. The first-order chi connectivity index (χ1) is 12.2. The fraction of sp³-hybridized carbons (Fsp3) is 0.842. The smallest absolute Gasteiger partial charge is 0.325 e. The van der Waals surface area contributed by atoms with E-state index in [1.807, 2.05) is 7.05 Å². The zero-order valence-electron chi connectivity index (χ0n) is 16.9. The summed E-state index contributed by atoms with van der Waals surface area (Å²) in [7, 11) is 3.50. The number of hydrogen-bond acceptors (Lipinski definition) is 4. The van der Waals surface area contributed by atoms with Gasteiger partial charge in [-0.2, -0.15) is 0 Å². The summed E-state index contributed by atoms with van der Waals surface area (Å²) in [5.74, 6) is 0.110. The first-order valence-corrected chi connectivity index (χ1v) is 9.69. The minimum absolute atomic E-state index is 0.184. The van der Waals surface area contributed by atoms with Crippen molar-refractivity contribution in [1.82, 2.24) is 20.4 Å². The van der Waals surface area contributed by atoms with E-state index in [1.165, 1.54) is 0 Å². The highest BCUT2D eigenvalue weighted by molar-refractivity contribution is 6.09. The van der Waals surface area contributed by atoms with E-state index < -0.39 is 11.6 Å². The van der Waals surface area contributed by atoms with E-state index in [0.717, 1.165) is 24.2 Å². The van der Waals surface area contributed by atoms with Crippen LogP contribution < -0.4 is 10.6 Å². The van der Waals surface area contributed by atoms with Crippen LogP contribution in [0.3, 0.4) is 0 Å². The van der Waals surface area contributed by atoms with Gasteiger partial charge in [-0.25, -0.2) is 4.79 Å². The van der Waals surface area contributed by atoms with Gasteiger partial charge in [0.2, 0.25) is 5.91 Å². The molecule has 1 heterocycles. The molecule has 7 nitrogen and oxygen atoms in total. The molecule has 1 saturated heterocycles. The third-order valence-corrected chi connectivity index (χ3v) is 6.52. The number of hydrogen-bond donors (Lipinski definition) is 2. The topological polar surface area (TPSA) is 81.8 Å². The number of likely N-dealkylation sites (N-methyl/N-ethyl adjacent to an activating group) is 2. The first kappa shape index (κ1) is 20.7. The summed E-state index contributed by atoms with van der Waals surface area (Å²) in [6.07, 6.45) is 4.27. The van der Waals surface area contributed by atoms with Gasteiger partial charge in [0.05, 0.1) is 0 Å². The second kappa shape index (κ2) is 7.94. The Kier molecular flexibility index (Phi) is 6.32. The number of imide groups is 1. The number of nitrogens with zero attached hydrogens (tertiary/aromatic N) is 2. The van der Waals surface area contributed by atoms with Crippen molar-refractivity contribution in [1.29, 1.82) is 0 Å². The predicted molar refractivity (Wildman–Crippen MR) is 101 cm³/mol. The third-order valence-electron chi connectivity index (χ3n) is 6.52. The summed E-state index contributed by atoms with van der Waals surface area (Å²) < 4.78 is 0. The molecule has 1 spiro atoms. The SMILES string of the molecule is CCC(C)(C)C1CCC2(CC1)NC(=O)N(CC(=O)N(C)CCNC)C2=O. The first-order valence-electron chi connectivity index (χ1n) is 9.69. The fourth-order valence-corrected chi connectivity index (χ4v) is 4.00. The largest absolute Gasteiger partial charge is 0.343 e. The van der Waals surface area contributed by atoms with Gasteiger partial charge in [0.25, 0.3) is 5.91 Å². The van der Waals surface area contributed by atoms with Crippen LogP contribution in [0.15, 0.2) is 0 Å². The average Bonchev–Trinajstić information content (AvgIpc) is 2.84. The van der Waals surface area contributed by atoms with E-state index in [9.17, 15) is 14.4 Å². The van der Waals surface area contributed by atoms with Crippen molar-refractivity contribution in [3.8, 4) is 0 Å². The number of amides is 4. The molecule has 0 radical (unpaired) electrons. The molecule has 0 unspecified atom stereocenters. The Bertz CT molecular complexity index is 553. The Balaban J connectivity index is 2.00. The van der Waals surface area contributed by atoms with Crippen LogP contribution in [0, 0.1) is 11.3 Å². The van der Waals surface area contributed by atoms with E-state index in [0.29, 0.717) is 31.8 Å². The highest BCUT2D eigenvalue weighted by Gasteiger charge is 2.53. The van der Waals surface area contributed by atoms with E-state index >= 15 is 0 Å². The molecule has 0 atom stereocenters. The minimum atomic E-state index is -0.804. The van der Waals surface area contributed by atoms with E-state index in [-0.39, 0.29) is 23.8 Å². The Morgan fingerprint density at radius 2 is 1.96 bits per heavy atom. The van der Waals surface area contributed by atoms with Crippen molar-refractivity contribution >= 4 is 17.8 Å². The Morgan fingerprint density at radius 3 is 2.50 bits per heavy atom. The van der Waals surface area contributed by atoms with Crippen molar-refractivity contribution in [2.75, 3.05) is 33.7 Å². The monoisotopic (exact) mass is 366 g/mol. The number of nitrogens with one attached hydrogen (secondary N) is 2. The van der Waals surface area contributed by atoms with Gasteiger partial charge < -0.3 is 15.5 Å². The summed E-state index contributed by atoms with van der Waals surface area (Å²) >= 11 is 0. The molecule has 2 rings (SSSR count). The van der Waals surface area contributed by atoms with Crippen molar-refractivity contribution in [3.05, 3.63) is 0 Å².